The molecule has 0 saturated heterocycles. The minimum absolute atomic E-state index is 0.00424. The van der Waals surface area contributed by atoms with Gasteiger partial charge >= 0.3 is 0 Å². The van der Waals surface area contributed by atoms with Crippen LogP contribution < -0.4 is 20.7 Å². The van der Waals surface area contributed by atoms with Crippen LogP contribution in [0.25, 0.3) is 5.57 Å². The Morgan fingerprint density at radius 1 is 1.21 bits per heavy atom. The van der Waals surface area contributed by atoms with Gasteiger partial charge in [-0.05, 0) is 61.9 Å². The lowest BCUT2D eigenvalue weighted by Crippen LogP contribution is -2.77. The van der Waals surface area contributed by atoms with E-state index in [-0.39, 0.29) is 24.2 Å². The van der Waals surface area contributed by atoms with Gasteiger partial charge in [0.1, 0.15) is 17.6 Å². The molecule has 10 nitrogen and oxygen atoms in total. The highest BCUT2D eigenvalue weighted by atomic mass is 16.5. The molecule has 0 spiro atoms. The first-order valence-corrected chi connectivity index (χ1v) is 15.5. The molecule has 0 radical (unpaired) electrons. The predicted molar refractivity (Wildman–Crippen MR) is 168 cm³/mol. The molecule has 0 aromatic heterocycles. The van der Waals surface area contributed by atoms with Crippen molar-refractivity contribution in [3.8, 4) is 11.5 Å². The first kappa shape index (κ1) is 32.2. The van der Waals surface area contributed by atoms with Gasteiger partial charge in [-0.2, -0.15) is 0 Å². The maximum Gasteiger partial charge on any atom is 0.262 e. The summed E-state index contributed by atoms with van der Waals surface area (Å²) in [7, 11) is 0. The number of phenols is 1. The lowest BCUT2D eigenvalue weighted by atomic mass is 10.0. The van der Waals surface area contributed by atoms with Gasteiger partial charge in [0.25, 0.3) is 5.91 Å². The van der Waals surface area contributed by atoms with Crippen LogP contribution in [0.3, 0.4) is 0 Å². The van der Waals surface area contributed by atoms with Crippen molar-refractivity contribution in [3.63, 3.8) is 0 Å². The quantitative estimate of drug-likeness (QED) is 0.109. The Bertz CT molecular complexity index is 1270. The maximum atomic E-state index is 13.2. The summed E-state index contributed by atoms with van der Waals surface area (Å²) in [5, 5.41) is 26.0. The zero-order valence-corrected chi connectivity index (χ0v) is 25.2. The van der Waals surface area contributed by atoms with E-state index in [0.29, 0.717) is 63.2 Å². The number of allylic oxidation sites excluding steroid dienone is 1. The predicted octanol–water partition coefficient (Wildman–Crippen LogP) is 2.85. The third kappa shape index (κ3) is 9.38. The Kier molecular flexibility index (Phi) is 12.6. The van der Waals surface area contributed by atoms with Crippen molar-refractivity contribution in [3.05, 3.63) is 59.3 Å². The van der Waals surface area contributed by atoms with Crippen molar-refractivity contribution in [1.82, 2.24) is 10.2 Å². The van der Waals surface area contributed by atoms with Gasteiger partial charge in [0, 0.05) is 25.3 Å². The van der Waals surface area contributed by atoms with Gasteiger partial charge < -0.3 is 40.8 Å². The van der Waals surface area contributed by atoms with Crippen LogP contribution >= 0.6 is 0 Å². The van der Waals surface area contributed by atoms with Crippen molar-refractivity contribution < 1.29 is 29.5 Å². The number of ether oxygens (including phenoxy) is 2. The van der Waals surface area contributed by atoms with Crippen LogP contribution in [0.5, 0.6) is 11.5 Å². The van der Waals surface area contributed by atoms with E-state index in [1.165, 1.54) is 6.21 Å². The Morgan fingerprint density at radius 3 is 2.84 bits per heavy atom. The number of nitrogens with two attached hydrogens (primary N) is 1. The van der Waals surface area contributed by atoms with Gasteiger partial charge in [-0.25, -0.2) is 0 Å². The van der Waals surface area contributed by atoms with E-state index in [9.17, 15) is 14.7 Å². The van der Waals surface area contributed by atoms with Crippen molar-refractivity contribution in [2.24, 2.45) is 0 Å². The fourth-order valence-electron chi connectivity index (χ4n) is 5.66. The number of nitrogens with zero attached hydrogens (tertiary/aromatic N) is 1. The first-order valence-electron chi connectivity index (χ1n) is 15.5. The number of quaternary nitrogens is 1. The van der Waals surface area contributed by atoms with Crippen LogP contribution in [0.2, 0.25) is 0 Å². The Morgan fingerprint density at radius 2 is 2.05 bits per heavy atom. The van der Waals surface area contributed by atoms with Crippen LogP contribution in [-0.2, 0) is 27.2 Å². The fraction of sp³-hybridized carbons (Fsp3) is 0.485. The lowest BCUT2D eigenvalue weighted by molar-refractivity contribution is -0.583. The number of phenolic OH excluding ortho intramolecular Hbond substituents is 1. The molecule has 10 heteroatoms. The lowest BCUT2D eigenvalue weighted by Gasteiger charge is -2.29. The van der Waals surface area contributed by atoms with Gasteiger partial charge in [0.2, 0.25) is 5.91 Å². The summed E-state index contributed by atoms with van der Waals surface area (Å²) < 4.78 is 11.5. The van der Waals surface area contributed by atoms with Gasteiger partial charge in [0.05, 0.1) is 31.8 Å². The summed E-state index contributed by atoms with van der Waals surface area (Å²) >= 11 is 0. The molecule has 1 heterocycles. The molecule has 2 aliphatic rings. The molecule has 1 saturated carbocycles. The van der Waals surface area contributed by atoms with Crippen molar-refractivity contribution in [1.29, 1.82) is 5.41 Å². The highest BCUT2D eigenvalue weighted by Gasteiger charge is 2.26. The van der Waals surface area contributed by atoms with Gasteiger partial charge in [-0.15, -0.1) is 0 Å². The van der Waals surface area contributed by atoms with E-state index in [0.717, 1.165) is 60.9 Å². The van der Waals surface area contributed by atoms with Crippen LogP contribution in [0.4, 0.5) is 5.69 Å². The fourth-order valence-corrected chi connectivity index (χ4v) is 5.66. The monoisotopic (exact) mass is 592 g/mol. The molecule has 232 valence electrons. The normalized spacial score (nSPS) is 15.1. The average Bonchev–Trinajstić information content (AvgIpc) is 3.55. The summed E-state index contributed by atoms with van der Waals surface area (Å²) in [6.07, 6.45) is 9.58. The largest absolute Gasteiger partial charge is 0.506 e. The van der Waals surface area contributed by atoms with E-state index >= 15 is 0 Å². The third-order valence-electron chi connectivity index (χ3n) is 7.96. The van der Waals surface area contributed by atoms with Gasteiger partial charge in [-0.1, -0.05) is 43.2 Å². The Hall–Kier alpha value is -3.73. The number of hydrogen-bond donors (Lipinski definition) is 5. The zero-order valence-electron chi connectivity index (χ0n) is 25.2. The molecule has 6 N–H and O–H groups in total. The smallest absolute Gasteiger partial charge is 0.262 e. The number of benzene rings is 2. The third-order valence-corrected chi connectivity index (χ3v) is 7.96. The standard InChI is InChI=1S/C33H45N5O5/c1-2-35-22-27(21-34)26-7-5-6-24(20-26)13-18-42-19-14-31(41)38(28-8-3-4-9-28)17-16-36-15-12-25-10-11-29(39)32-33(25)43-23-30(40)37-32/h5-7,10-11,20-22,28,34-36,39H,2-4,8-9,12-19,23H2,1H3,(H,37,40)/p+1. The summed E-state index contributed by atoms with van der Waals surface area (Å²) in [5.41, 5.74) is 4.31. The number of nitrogens with one attached hydrogen (secondary N) is 3. The number of fused-ring (bicyclic) bond motifs is 1. The van der Waals surface area contributed by atoms with E-state index in [2.05, 4.69) is 35.0 Å². The second-order valence-corrected chi connectivity index (χ2v) is 11.0. The number of aromatic hydroxyl groups is 1. The van der Waals surface area contributed by atoms with Gasteiger partial charge in [-0.3, -0.25) is 9.59 Å². The van der Waals surface area contributed by atoms with E-state index in [4.69, 9.17) is 14.9 Å². The van der Waals surface area contributed by atoms with Crippen LogP contribution in [0.1, 0.15) is 55.7 Å². The Balaban J connectivity index is 1.19. The molecular formula is C33H46N5O5+. The number of hydrogen-bond acceptors (Lipinski definition) is 7. The zero-order chi connectivity index (χ0) is 30.4. The molecule has 2 aromatic carbocycles. The second kappa shape index (κ2) is 16.8. The van der Waals surface area contributed by atoms with Crippen LogP contribution in [-0.4, -0.2) is 80.1 Å². The highest BCUT2D eigenvalue weighted by molar-refractivity contribution is 6.07. The van der Waals surface area contributed by atoms with Crippen molar-refractivity contribution in [2.45, 2.75) is 57.9 Å². The van der Waals surface area contributed by atoms with Crippen LogP contribution in [0.15, 0.2) is 42.6 Å². The number of carbonyl (C=O) groups is 2. The van der Waals surface area contributed by atoms with E-state index in [1.54, 1.807) is 6.07 Å². The molecule has 43 heavy (non-hydrogen) atoms. The first-order chi connectivity index (χ1) is 21.0. The molecule has 4 rings (SSSR count). The molecule has 1 aliphatic carbocycles. The molecule has 0 unspecified atom stereocenters. The maximum absolute atomic E-state index is 13.2. The Labute approximate surface area is 254 Å². The molecule has 0 atom stereocenters. The van der Waals surface area contributed by atoms with Crippen molar-refractivity contribution >= 4 is 29.3 Å². The summed E-state index contributed by atoms with van der Waals surface area (Å²) in [5.74, 6) is 0.379. The number of rotatable bonds is 17. The summed E-state index contributed by atoms with van der Waals surface area (Å²) in [6, 6.07) is 11.9. The number of amides is 2. The summed E-state index contributed by atoms with van der Waals surface area (Å²) in [6.45, 7) is 5.89. The van der Waals surface area contributed by atoms with Gasteiger partial charge in [0.15, 0.2) is 12.4 Å². The number of anilines is 1. The molecule has 2 aromatic rings. The average molecular weight is 593 g/mol. The molecule has 1 aliphatic heterocycles. The second-order valence-electron chi connectivity index (χ2n) is 11.0. The number of carbonyl (C=O) groups excluding carboxylic acids is 2. The van der Waals surface area contributed by atoms with E-state index < -0.39 is 0 Å². The molecule has 2 amide bonds. The molecule has 0 bridgehead atoms. The van der Waals surface area contributed by atoms with E-state index in [1.807, 2.05) is 29.3 Å². The minimum Gasteiger partial charge on any atom is -0.506 e. The topological polar surface area (TPSA) is 141 Å². The van der Waals surface area contributed by atoms with Crippen LogP contribution in [0, 0.1) is 5.41 Å². The van der Waals surface area contributed by atoms with Crippen molar-refractivity contribution in [2.75, 3.05) is 51.3 Å². The minimum atomic E-state index is -0.280. The highest BCUT2D eigenvalue weighted by Crippen LogP contribution is 2.39. The molecular weight excluding hydrogens is 546 g/mol. The summed E-state index contributed by atoms with van der Waals surface area (Å²) in [4.78, 5) is 26.9. The molecule has 1 fully saturated rings. The SMILES string of the molecule is CC[NH2+]C=C(C=N)c1cccc(CCOCCC(=O)N(CCNCCc2ccc(O)c3c2OCC(=O)N3)C2CCCC2)c1.